The molecule has 1 N–H and O–H groups in total. The number of sulfone groups is 1. The van der Waals surface area contributed by atoms with Crippen LogP contribution < -0.4 is 5.32 Å². The summed E-state index contributed by atoms with van der Waals surface area (Å²) in [6, 6.07) is 8.67. The molecule has 0 bridgehead atoms. The van der Waals surface area contributed by atoms with Gasteiger partial charge in [-0.2, -0.15) is 0 Å². The fraction of sp³-hybridized carbons (Fsp3) is 0.231. The molecule has 0 aliphatic carbocycles. The van der Waals surface area contributed by atoms with Crippen LogP contribution in [0.15, 0.2) is 35.2 Å². The fourth-order valence-corrected chi connectivity index (χ4v) is 4.13. The summed E-state index contributed by atoms with van der Waals surface area (Å²) in [5.41, 5.74) is 0.597. The summed E-state index contributed by atoms with van der Waals surface area (Å²) in [5, 5.41) is 3.64. The van der Waals surface area contributed by atoms with E-state index in [1.165, 1.54) is 17.6 Å². The van der Waals surface area contributed by atoms with E-state index >= 15 is 0 Å². The summed E-state index contributed by atoms with van der Waals surface area (Å²) in [7, 11) is -3.29. The van der Waals surface area contributed by atoms with Gasteiger partial charge in [-0.15, -0.1) is 11.3 Å². The molecule has 0 spiro atoms. The molecule has 0 unspecified atom stereocenters. The minimum Gasteiger partial charge on any atom is -0.308 e. The molecule has 20 heavy (non-hydrogen) atoms. The van der Waals surface area contributed by atoms with Gasteiger partial charge in [-0.3, -0.25) is 0 Å². The number of hydrogen-bond donors (Lipinski definition) is 1. The predicted molar refractivity (Wildman–Crippen MR) is 84.4 cm³/mol. The van der Waals surface area contributed by atoms with Gasteiger partial charge in [0.2, 0.25) is 0 Å². The largest absolute Gasteiger partial charge is 0.308 e. The van der Waals surface area contributed by atoms with Crippen LogP contribution in [-0.2, 0) is 22.9 Å². The first-order chi connectivity index (χ1) is 9.38. The van der Waals surface area contributed by atoms with Crippen LogP contribution in [0.1, 0.15) is 10.4 Å². The highest BCUT2D eigenvalue weighted by atomic mass is 35.5. The summed E-state index contributed by atoms with van der Waals surface area (Å²) in [6.45, 7) is 1.00. The molecule has 3 nitrogen and oxygen atoms in total. The lowest BCUT2D eigenvalue weighted by Gasteiger charge is -2.10. The van der Waals surface area contributed by atoms with Gasteiger partial charge >= 0.3 is 0 Å². The van der Waals surface area contributed by atoms with Crippen LogP contribution in [0.2, 0.25) is 9.36 Å². The summed E-state index contributed by atoms with van der Waals surface area (Å²) >= 11 is 13.4. The molecule has 0 fully saturated rings. The Labute approximate surface area is 132 Å². The second-order valence-electron chi connectivity index (χ2n) is 4.30. The lowest BCUT2D eigenvalue weighted by atomic mass is 10.2. The molecule has 108 valence electrons. The number of nitrogens with one attached hydrogen (secondary N) is 1. The number of halogens is 2. The Kier molecular flexibility index (Phi) is 5.09. The van der Waals surface area contributed by atoms with Crippen LogP contribution in [0.4, 0.5) is 0 Å². The second-order valence-corrected chi connectivity index (χ2v) is 8.49. The Hall–Kier alpha value is -0.590. The van der Waals surface area contributed by atoms with Gasteiger partial charge in [0.1, 0.15) is 0 Å². The van der Waals surface area contributed by atoms with E-state index < -0.39 is 9.84 Å². The minimum absolute atomic E-state index is 0.265. The quantitative estimate of drug-likeness (QED) is 0.893. The molecule has 2 aromatic rings. The molecule has 0 saturated carbocycles. The van der Waals surface area contributed by atoms with Gasteiger partial charge in [-0.05, 0) is 24.3 Å². The van der Waals surface area contributed by atoms with Crippen LogP contribution in [0.25, 0.3) is 0 Å². The third-order valence-electron chi connectivity index (χ3n) is 2.71. The number of rotatable bonds is 5. The zero-order valence-electron chi connectivity index (χ0n) is 10.7. The number of benzene rings is 1. The lowest BCUT2D eigenvalue weighted by Crippen LogP contribution is -2.15. The fourth-order valence-electron chi connectivity index (χ4n) is 1.82. The normalized spacial score (nSPS) is 11.8. The van der Waals surface area contributed by atoms with Crippen LogP contribution in [0, 0.1) is 0 Å². The zero-order chi connectivity index (χ0) is 14.8. The summed E-state index contributed by atoms with van der Waals surface area (Å²) in [5.74, 6) is 0. The molecule has 0 amide bonds. The van der Waals surface area contributed by atoms with Crippen molar-refractivity contribution in [2.24, 2.45) is 0 Å². The van der Waals surface area contributed by atoms with Gasteiger partial charge in [0.25, 0.3) is 0 Å². The van der Waals surface area contributed by atoms with E-state index in [0.29, 0.717) is 23.7 Å². The Morgan fingerprint density at radius 3 is 2.50 bits per heavy atom. The molecule has 0 atom stereocenters. The summed E-state index contributed by atoms with van der Waals surface area (Å²) in [6.07, 6.45) is 1.18. The highest BCUT2D eigenvalue weighted by Crippen LogP contribution is 2.25. The van der Waals surface area contributed by atoms with Crippen LogP contribution in [0.3, 0.4) is 0 Å². The average Bonchev–Trinajstić information content (AvgIpc) is 2.76. The van der Waals surface area contributed by atoms with Crippen molar-refractivity contribution in [1.82, 2.24) is 5.32 Å². The maximum Gasteiger partial charge on any atom is 0.175 e. The third kappa shape index (κ3) is 3.96. The monoisotopic (exact) mass is 349 g/mol. The molecule has 1 aromatic heterocycles. The Morgan fingerprint density at radius 2 is 1.90 bits per heavy atom. The highest BCUT2D eigenvalue weighted by molar-refractivity contribution is 7.90. The van der Waals surface area contributed by atoms with E-state index in [0.717, 1.165) is 9.21 Å². The summed E-state index contributed by atoms with van der Waals surface area (Å²) < 4.78 is 24.2. The van der Waals surface area contributed by atoms with E-state index in [1.807, 2.05) is 12.1 Å². The van der Waals surface area contributed by atoms with Gasteiger partial charge in [0.05, 0.1) is 9.23 Å². The molecule has 0 aliphatic rings. The van der Waals surface area contributed by atoms with Crippen LogP contribution in [-0.4, -0.2) is 14.7 Å². The van der Waals surface area contributed by atoms with Gasteiger partial charge in [0.15, 0.2) is 9.84 Å². The van der Waals surface area contributed by atoms with Crippen molar-refractivity contribution in [1.29, 1.82) is 0 Å². The third-order valence-corrected chi connectivity index (χ3v) is 5.47. The molecular formula is C13H13Cl2NO2S2. The molecule has 0 radical (unpaired) electrons. The zero-order valence-corrected chi connectivity index (χ0v) is 13.8. The van der Waals surface area contributed by atoms with E-state index in [2.05, 4.69) is 5.32 Å². The molecule has 7 heteroatoms. The van der Waals surface area contributed by atoms with Crippen molar-refractivity contribution in [2.45, 2.75) is 18.0 Å². The van der Waals surface area contributed by atoms with E-state index in [9.17, 15) is 8.42 Å². The lowest BCUT2D eigenvalue weighted by molar-refractivity contribution is 0.598. The molecule has 1 heterocycles. The molecule has 2 rings (SSSR count). The standard InChI is InChI=1S/C13H13Cl2NO2S2/c1-20(17,18)12-4-2-3-11(14)10(12)8-16-7-9-5-6-13(15)19-9/h2-6,16H,7-8H2,1H3. The number of thiophene rings is 1. The second kappa shape index (κ2) is 6.45. The highest BCUT2D eigenvalue weighted by Gasteiger charge is 2.15. The molecule has 0 saturated heterocycles. The van der Waals surface area contributed by atoms with Gasteiger partial charge in [0, 0.05) is 34.8 Å². The predicted octanol–water partition coefficient (Wildman–Crippen LogP) is 3.75. The SMILES string of the molecule is CS(=O)(=O)c1cccc(Cl)c1CNCc1ccc(Cl)s1. The molecule has 1 aromatic carbocycles. The first-order valence-electron chi connectivity index (χ1n) is 5.80. The first-order valence-corrected chi connectivity index (χ1v) is 9.26. The topological polar surface area (TPSA) is 46.2 Å². The average molecular weight is 350 g/mol. The Morgan fingerprint density at radius 1 is 1.15 bits per heavy atom. The van der Waals surface area contributed by atoms with Crippen molar-refractivity contribution < 1.29 is 8.42 Å². The molecule has 0 aliphatic heterocycles. The van der Waals surface area contributed by atoms with Crippen LogP contribution >= 0.6 is 34.5 Å². The van der Waals surface area contributed by atoms with Gasteiger partial charge in [-0.1, -0.05) is 29.3 Å². The number of hydrogen-bond acceptors (Lipinski definition) is 4. The van der Waals surface area contributed by atoms with E-state index in [1.54, 1.807) is 18.2 Å². The van der Waals surface area contributed by atoms with Crippen molar-refractivity contribution >= 4 is 44.4 Å². The van der Waals surface area contributed by atoms with Crippen LogP contribution in [0.5, 0.6) is 0 Å². The van der Waals surface area contributed by atoms with E-state index in [-0.39, 0.29) is 4.90 Å². The minimum atomic E-state index is -3.29. The first kappa shape index (κ1) is 15.8. The maximum atomic E-state index is 11.7. The van der Waals surface area contributed by atoms with Gasteiger partial charge in [-0.25, -0.2) is 8.42 Å². The smallest absolute Gasteiger partial charge is 0.175 e. The maximum absolute atomic E-state index is 11.7. The summed E-state index contributed by atoms with van der Waals surface area (Å²) in [4.78, 5) is 1.35. The van der Waals surface area contributed by atoms with Gasteiger partial charge < -0.3 is 5.32 Å². The Balaban J connectivity index is 2.13. The molecular weight excluding hydrogens is 337 g/mol. The van der Waals surface area contributed by atoms with E-state index in [4.69, 9.17) is 23.2 Å². The van der Waals surface area contributed by atoms with Crippen molar-refractivity contribution in [3.63, 3.8) is 0 Å². The Bertz CT molecular complexity index is 711. The van der Waals surface area contributed by atoms with Crippen molar-refractivity contribution in [3.8, 4) is 0 Å². The van der Waals surface area contributed by atoms with Crippen molar-refractivity contribution in [3.05, 3.63) is 50.1 Å². The van der Waals surface area contributed by atoms with Crippen molar-refractivity contribution in [2.75, 3.05) is 6.26 Å².